The zero-order valence-corrected chi connectivity index (χ0v) is 52.8. The van der Waals surface area contributed by atoms with Crippen LogP contribution in [0.1, 0.15) is 129 Å². The van der Waals surface area contributed by atoms with Crippen molar-refractivity contribution in [3.05, 3.63) is 257 Å². The largest absolute Gasteiger partial charge is 0.458 e. The maximum atomic E-state index is 15.7. The van der Waals surface area contributed by atoms with Gasteiger partial charge in [-0.2, -0.15) is 0 Å². The summed E-state index contributed by atoms with van der Waals surface area (Å²) in [4.78, 5) is 2.57. The number of hydrogen-bond acceptors (Lipinski definition) is 2. The van der Waals surface area contributed by atoms with Gasteiger partial charge in [-0.1, -0.05) is 198 Å². The van der Waals surface area contributed by atoms with Gasteiger partial charge in [-0.05, 0) is 192 Å². The Balaban J connectivity index is 1.03. The Kier molecular flexibility index (Phi) is 12.6. The molecule has 1 aliphatic carbocycles. The van der Waals surface area contributed by atoms with E-state index in [1.807, 2.05) is 12.1 Å². The third kappa shape index (κ3) is 9.07. The second-order valence-electron chi connectivity index (χ2n) is 29.1. The van der Waals surface area contributed by atoms with Crippen LogP contribution >= 0.6 is 0 Å². The normalized spacial score (nSPS) is 14.4. The topological polar surface area (TPSA) is 22.3 Å². The summed E-state index contributed by atoms with van der Waals surface area (Å²) in [7, 11) is 0. The first-order valence-electron chi connectivity index (χ1n) is 31.5. The smallest absolute Gasteiger partial charge is 0.256 e. The van der Waals surface area contributed by atoms with Crippen molar-refractivity contribution in [2.45, 2.75) is 118 Å². The van der Waals surface area contributed by atoms with E-state index in [4.69, 9.17) is 4.74 Å². The van der Waals surface area contributed by atoms with Crippen molar-refractivity contribution in [2.24, 2.45) is 0 Å². The lowest BCUT2D eigenvalue weighted by Crippen LogP contribution is -2.60. The van der Waals surface area contributed by atoms with Gasteiger partial charge in [0.2, 0.25) is 0 Å². The molecule has 12 aromatic rings. The summed E-state index contributed by atoms with van der Waals surface area (Å²) in [6, 6.07) is 75.8. The van der Waals surface area contributed by atoms with Gasteiger partial charge < -0.3 is 18.8 Å². The summed E-state index contributed by atoms with van der Waals surface area (Å²) in [5.41, 5.74) is 24.8. The van der Waals surface area contributed by atoms with Gasteiger partial charge in [0.1, 0.15) is 17.3 Å². The molecular weight excluding hydrogens is 1070 g/mol. The SMILES string of the molecule is CC(C)(C)c1ccc2c(c1)c1cc(C(C)(C)C)ccc1n2-c1ccc2c(c1)Oc1cc(-c3cccc(F)c3)cc3c1B2c1ccc(-n2c4ccc(C(C)(C)C)cc4c4cc(C(C)(C)C)ccc42)cc1N3C1=C(c2ccccc2)CCC=C1c1ccccc1. The lowest BCUT2D eigenvalue weighted by atomic mass is 9.34. The molecule has 6 heteroatoms. The van der Waals surface area contributed by atoms with Crippen LogP contribution in [0.2, 0.25) is 0 Å². The van der Waals surface area contributed by atoms with Crippen LogP contribution in [-0.4, -0.2) is 15.8 Å². The van der Waals surface area contributed by atoms with E-state index >= 15 is 4.39 Å². The predicted molar refractivity (Wildman–Crippen MR) is 372 cm³/mol. The molecular formula is C82H75BFN3O. The summed E-state index contributed by atoms with van der Waals surface area (Å²) in [5, 5.41) is 4.97. The first kappa shape index (κ1) is 55.5. The zero-order chi connectivity index (χ0) is 60.9. The molecule has 2 aromatic heterocycles. The summed E-state index contributed by atoms with van der Waals surface area (Å²) < 4.78 is 28.2. The molecule has 0 saturated carbocycles. The molecule has 4 heterocycles. The number of allylic oxidation sites excluding steroid dienone is 3. The number of anilines is 2. The minimum atomic E-state index is -0.286. The molecule has 0 bridgehead atoms. The Morgan fingerprint density at radius 3 is 1.38 bits per heavy atom. The monoisotopic (exact) mass is 1150 g/mol. The van der Waals surface area contributed by atoms with Crippen molar-refractivity contribution in [2.75, 3.05) is 4.90 Å². The Labute approximate surface area is 518 Å². The van der Waals surface area contributed by atoms with Gasteiger partial charge in [-0.15, -0.1) is 0 Å². The number of nitrogens with zero attached hydrogens (tertiary/aromatic N) is 3. The molecule has 15 rings (SSSR count). The molecule has 0 saturated heterocycles. The Morgan fingerprint density at radius 1 is 0.398 bits per heavy atom. The van der Waals surface area contributed by atoms with Gasteiger partial charge in [0.25, 0.3) is 6.71 Å². The van der Waals surface area contributed by atoms with Crippen molar-refractivity contribution in [1.29, 1.82) is 0 Å². The Morgan fingerprint density at radius 2 is 0.875 bits per heavy atom. The molecule has 4 nitrogen and oxygen atoms in total. The van der Waals surface area contributed by atoms with Gasteiger partial charge in [0.15, 0.2) is 0 Å². The number of aromatic nitrogens is 2. The number of rotatable bonds is 6. The van der Waals surface area contributed by atoms with Crippen molar-refractivity contribution in [3.8, 4) is 34.0 Å². The minimum Gasteiger partial charge on any atom is -0.458 e. The second-order valence-corrected chi connectivity index (χ2v) is 29.1. The summed E-state index contributed by atoms with van der Waals surface area (Å²) >= 11 is 0. The van der Waals surface area contributed by atoms with Crippen LogP contribution in [0.5, 0.6) is 11.5 Å². The highest BCUT2D eigenvalue weighted by molar-refractivity contribution is 6.99. The van der Waals surface area contributed by atoms with E-state index < -0.39 is 0 Å². The number of benzene rings is 10. The molecule has 2 aliphatic heterocycles. The summed E-state index contributed by atoms with van der Waals surface area (Å²) in [5.74, 6) is 1.27. The molecule has 0 spiro atoms. The maximum Gasteiger partial charge on any atom is 0.256 e. The van der Waals surface area contributed by atoms with Crippen LogP contribution in [0.3, 0.4) is 0 Å². The highest BCUT2D eigenvalue weighted by Crippen LogP contribution is 2.50. The van der Waals surface area contributed by atoms with Crippen molar-refractivity contribution in [1.82, 2.24) is 9.13 Å². The van der Waals surface area contributed by atoms with Crippen LogP contribution in [0, 0.1) is 5.82 Å². The zero-order valence-electron chi connectivity index (χ0n) is 52.8. The van der Waals surface area contributed by atoms with E-state index in [-0.39, 0.29) is 34.2 Å². The first-order chi connectivity index (χ1) is 42.1. The lowest BCUT2D eigenvalue weighted by molar-refractivity contribution is 0.487. The fourth-order valence-electron chi connectivity index (χ4n) is 14.3. The van der Waals surface area contributed by atoms with E-state index in [9.17, 15) is 0 Å². The summed E-state index contributed by atoms with van der Waals surface area (Å²) in [6.07, 6.45) is 4.17. The number of hydrogen-bond donors (Lipinski definition) is 0. The molecule has 10 aromatic carbocycles. The molecule has 0 amide bonds. The third-order valence-electron chi connectivity index (χ3n) is 19.1. The minimum absolute atomic E-state index is 0.0288. The van der Waals surface area contributed by atoms with Crippen LogP contribution in [0.25, 0.3) is 77.3 Å². The Bertz CT molecular complexity index is 4790. The molecule has 0 fully saturated rings. The fraction of sp³-hybridized carbons (Fsp3) is 0.220. The number of ether oxygens (including phenoxy) is 1. The van der Waals surface area contributed by atoms with E-state index in [2.05, 4.69) is 285 Å². The van der Waals surface area contributed by atoms with Gasteiger partial charge in [-0.25, -0.2) is 4.39 Å². The van der Waals surface area contributed by atoms with E-state index in [0.717, 1.165) is 102 Å². The third-order valence-corrected chi connectivity index (χ3v) is 19.1. The molecule has 3 aliphatic rings. The van der Waals surface area contributed by atoms with Gasteiger partial charge in [0, 0.05) is 55.9 Å². The maximum absolute atomic E-state index is 15.7. The van der Waals surface area contributed by atoms with Crippen LogP contribution in [-0.2, 0) is 21.7 Å². The first-order valence-corrected chi connectivity index (χ1v) is 31.5. The van der Waals surface area contributed by atoms with Crippen molar-refractivity contribution < 1.29 is 9.13 Å². The lowest BCUT2D eigenvalue weighted by Gasteiger charge is -2.43. The predicted octanol–water partition coefficient (Wildman–Crippen LogP) is 20.2. The highest BCUT2D eigenvalue weighted by atomic mass is 19.1. The van der Waals surface area contributed by atoms with Crippen molar-refractivity contribution in [3.63, 3.8) is 0 Å². The Hall–Kier alpha value is -9.13. The molecule has 0 atom stereocenters. The highest BCUT2D eigenvalue weighted by Gasteiger charge is 2.44. The van der Waals surface area contributed by atoms with Gasteiger partial charge >= 0.3 is 0 Å². The fourth-order valence-corrected chi connectivity index (χ4v) is 14.3. The van der Waals surface area contributed by atoms with Crippen LogP contribution in [0.15, 0.2) is 218 Å². The van der Waals surface area contributed by atoms with Gasteiger partial charge in [-0.3, -0.25) is 0 Å². The van der Waals surface area contributed by atoms with Gasteiger partial charge in [0.05, 0.1) is 27.8 Å². The molecule has 88 heavy (non-hydrogen) atoms. The van der Waals surface area contributed by atoms with E-state index in [0.29, 0.717) is 0 Å². The molecule has 0 N–H and O–H groups in total. The van der Waals surface area contributed by atoms with E-state index in [1.54, 1.807) is 6.07 Å². The standard InChI is InChI=1S/C82H75BFN3O/c1-79(2,3)54-29-37-69-63(44-54)64-45-55(80(4,5)6)30-38-70(64)85(69)59-33-35-67-73(48-59)87(78-61(50-21-15-13-16-22-50)27-20-28-62(78)51-23-17-14-18-24-51)74-42-53(52-25-19-26-58(84)41-52)43-76-77(74)83(67)68-36-34-60(49-75(68)88-76)86-71-39-31-56(81(7,8)9)46-65(71)66-47-57(82(10,11)12)32-40-72(66)86/h13-19,21-27,29-49H,20,28H2,1-12H3. The average molecular weight is 1150 g/mol. The summed E-state index contributed by atoms with van der Waals surface area (Å²) in [6.45, 7) is 27.4. The van der Waals surface area contributed by atoms with E-state index in [1.165, 1.54) is 72.0 Å². The molecule has 0 unspecified atom stereocenters. The molecule has 434 valence electrons. The van der Waals surface area contributed by atoms with Crippen LogP contribution in [0.4, 0.5) is 15.8 Å². The van der Waals surface area contributed by atoms with Crippen molar-refractivity contribution >= 4 is 89.2 Å². The van der Waals surface area contributed by atoms with Crippen LogP contribution < -0.4 is 26.0 Å². The number of fused-ring (bicyclic) bond motifs is 10. The second kappa shape index (κ2) is 20.0. The average Bonchev–Trinajstić information content (AvgIpc) is 0.791. The number of halogens is 1. The molecule has 0 radical (unpaired) electrons. The quantitative estimate of drug-likeness (QED) is 0.155.